The Balaban J connectivity index is 2.47. The zero-order valence-electron chi connectivity index (χ0n) is 9.16. The summed E-state index contributed by atoms with van der Waals surface area (Å²) in [5, 5.41) is 12.7. The predicted molar refractivity (Wildman–Crippen MR) is 54.9 cm³/mol. The number of hydrogen-bond acceptors (Lipinski definition) is 3. The molecule has 82 valence electrons. The van der Waals surface area contributed by atoms with Crippen molar-refractivity contribution in [3.05, 3.63) is 0 Å². The fourth-order valence-electron chi connectivity index (χ4n) is 1.72. The summed E-state index contributed by atoms with van der Waals surface area (Å²) < 4.78 is 0. The van der Waals surface area contributed by atoms with Crippen LogP contribution in [0.15, 0.2) is 0 Å². The van der Waals surface area contributed by atoms with E-state index in [0.717, 1.165) is 0 Å². The second kappa shape index (κ2) is 4.75. The van der Waals surface area contributed by atoms with Crippen LogP contribution in [0.25, 0.3) is 0 Å². The minimum absolute atomic E-state index is 0.0544. The molecule has 1 amide bonds. The van der Waals surface area contributed by atoms with Crippen LogP contribution < -0.4 is 5.32 Å². The molecular weight excluding hydrogens is 180 g/mol. The van der Waals surface area contributed by atoms with Crippen molar-refractivity contribution in [2.75, 3.05) is 20.1 Å². The van der Waals surface area contributed by atoms with Crippen LogP contribution >= 0.6 is 0 Å². The number of nitrogens with one attached hydrogen (secondary N) is 1. The van der Waals surface area contributed by atoms with Gasteiger partial charge in [0.15, 0.2) is 0 Å². The Morgan fingerprint density at radius 1 is 1.57 bits per heavy atom. The van der Waals surface area contributed by atoms with Gasteiger partial charge in [-0.25, -0.2) is 0 Å². The van der Waals surface area contributed by atoms with Crippen molar-refractivity contribution in [2.24, 2.45) is 5.92 Å². The molecule has 0 aromatic rings. The molecule has 0 bridgehead atoms. The van der Waals surface area contributed by atoms with E-state index in [4.69, 9.17) is 0 Å². The highest BCUT2D eigenvalue weighted by atomic mass is 16.3. The number of likely N-dealkylation sites (N-methyl/N-ethyl adjacent to an activating group) is 1. The standard InChI is InChI=1S/C10H20N2O2/c1-7(2)4-10(14)12(3)8-5-11-6-9(8)13/h7-9,11,13H,4-6H2,1-3H3/t8-,9-/m0/s1. The van der Waals surface area contributed by atoms with E-state index in [1.165, 1.54) is 0 Å². The predicted octanol–water partition coefficient (Wildman–Crippen LogP) is -0.176. The van der Waals surface area contributed by atoms with Crippen molar-refractivity contribution in [2.45, 2.75) is 32.4 Å². The van der Waals surface area contributed by atoms with Crippen molar-refractivity contribution in [1.82, 2.24) is 10.2 Å². The molecule has 1 saturated heterocycles. The zero-order chi connectivity index (χ0) is 10.7. The van der Waals surface area contributed by atoms with E-state index < -0.39 is 6.10 Å². The Bertz CT molecular complexity index is 206. The third kappa shape index (κ3) is 2.69. The van der Waals surface area contributed by atoms with Gasteiger partial charge in [0.1, 0.15) is 0 Å². The summed E-state index contributed by atoms with van der Waals surface area (Å²) in [5.74, 6) is 0.490. The van der Waals surface area contributed by atoms with E-state index in [1.54, 1.807) is 11.9 Å². The van der Waals surface area contributed by atoms with Crippen LogP contribution in [-0.2, 0) is 4.79 Å². The van der Waals surface area contributed by atoms with Crippen LogP contribution in [0.1, 0.15) is 20.3 Å². The number of amides is 1. The molecule has 1 rings (SSSR count). The minimum atomic E-state index is -0.420. The third-order valence-electron chi connectivity index (χ3n) is 2.62. The van der Waals surface area contributed by atoms with Crippen LogP contribution in [0, 0.1) is 5.92 Å². The van der Waals surface area contributed by atoms with Crippen LogP contribution in [-0.4, -0.2) is 48.2 Å². The van der Waals surface area contributed by atoms with Crippen LogP contribution in [0.4, 0.5) is 0 Å². The van der Waals surface area contributed by atoms with Gasteiger partial charge in [0.05, 0.1) is 12.1 Å². The molecule has 0 aromatic heterocycles. The first kappa shape index (κ1) is 11.5. The quantitative estimate of drug-likeness (QED) is 0.664. The molecule has 0 aliphatic carbocycles. The molecule has 2 atom stereocenters. The zero-order valence-corrected chi connectivity index (χ0v) is 9.16. The SMILES string of the molecule is CC(C)CC(=O)N(C)[C@H]1CNC[C@@H]1O. The summed E-state index contributed by atoms with van der Waals surface area (Å²) >= 11 is 0. The lowest BCUT2D eigenvalue weighted by Crippen LogP contribution is -2.44. The van der Waals surface area contributed by atoms with Gasteiger partial charge >= 0.3 is 0 Å². The lowest BCUT2D eigenvalue weighted by molar-refractivity contribution is -0.134. The molecule has 1 heterocycles. The number of aliphatic hydroxyl groups excluding tert-OH is 1. The van der Waals surface area contributed by atoms with Crippen LogP contribution in [0.5, 0.6) is 0 Å². The second-order valence-corrected chi connectivity index (χ2v) is 4.40. The number of hydrogen-bond donors (Lipinski definition) is 2. The molecule has 1 fully saturated rings. The molecule has 0 unspecified atom stereocenters. The summed E-state index contributed by atoms with van der Waals surface area (Å²) in [7, 11) is 1.77. The highest BCUT2D eigenvalue weighted by molar-refractivity contribution is 5.76. The molecule has 2 N–H and O–H groups in total. The van der Waals surface area contributed by atoms with Gasteiger partial charge in [-0.15, -0.1) is 0 Å². The van der Waals surface area contributed by atoms with E-state index in [1.807, 2.05) is 13.8 Å². The maximum atomic E-state index is 11.7. The van der Waals surface area contributed by atoms with Gasteiger partial charge in [-0.1, -0.05) is 13.8 Å². The van der Waals surface area contributed by atoms with E-state index in [2.05, 4.69) is 5.32 Å². The lowest BCUT2D eigenvalue weighted by Gasteiger charge is -2.27. The second-order valence-electron chi connectivity index (χ2n) is 4.40. The fourth-order valence-corrected chi connectivity index (χ4v) is 1.72. The molecule has 14 heavy (non-hydrogen) atoms. The molecule has 4 heteroatoms. The van der Waals surface area contributed by atoms with E-state index in [-0.39, 0.29) is 11.9 Å². The number of carbonyl (C=O) groups excluding carboxylic acids is 1. The van der Waals surface area contributed by atoms with Gasteiger partial charge in [0, 0.05) is 26.6 Å². The average molecular weight is 200 g/mol. The Labute approximate surface area is 85.3 Å². The molecule has 4 nitrogen and oxygen atoms in total. The van der Waals surface area contributed by atoms with Crippen molar-refractivity contribution in [3.8, 4) is 0 Å². The van der Waals surface area contributed by atoms with Gasteiger partial charge in [-0.2, -0.15) is 0 Å². The van der Waals surface area contributed by atoms with E-state index in [9.17, 15) is 9.90 Å². The minimum Gasteiger partial charge on any atom is -0.390 e. The summed E-state index contributed by atoms with van der Waals surface area (Å²) in [6.45, 7) is 5.33. The fraction of sp³-hybridized carbons (Fsp3) is 0.900. The summed E-state index contributed by atoms with van der Waals surface area (Å²) in [6, 6.07) is -0.0544. The first-order valence-corrected chi connectivity index (χ1v) is 5.16. The third-order valence-corrected chi connectivity index (χ3v) is 2.62. The van der Waals surface area contributed by atoms with Crippen molar-refractivity contribution < 1.29 is 9.90 Å². The molecule has 0 aromatic carbocycles. The Kier molecular flexibility index (Phi) is 3.89. The number of carbonyl (C=O) groups is 1. The first-order chi connectivity index (χ1) is 6.52. The van der Waals surface area contributed by atoms with Gasteiger partial charge in [0.2, 0.25) is 5.91 Å². The maximum absolute atomic E-state index is 11.7. The number of nitrogens with zero attached hydrogens (tertiary/aromatic N) is 1. The number of β-amino-alcohol motifs (C(OH)–C–C–N with tert-alkyl or cyclic N) is 1. The average Bonchev–Trinajstić information content (AvgIpc) is 2.48. The molecule has 0 spiro atoms. The lowest BCUT2D eigenvalue weighted by atomic mass is 10.1. The number of aliphatic hydroxyl groups is 1. The summed E-state index contributed by atoms with van der Waals surface area (Å²) in [5.41, 5.74) is 0. The van der Waals surface area contributed by atoms with E-state index in [0.29, 0.717) is 25.4 Å². The highest BCUT2D eigenvalue weighted by Crippen LogP contribution is 2.11. The van der Waals surface area contributed by atoms with Gasteiger partial charge in [-0.05, 0) is 5.92 Å². The van der Waals surface area contributed by atoms with Gasteiger partial charge in [0.25, 0.3) is 0 Å². The Hall–Kier alpha value is -0.610. The maximum Gasteiger partial charge on any atom is 0.222 e. The highest BCUT2D eigenvalue weighted by Gasteiger charge is 2.30. The molecule has 1 aliphatic heterocycles. The molecule has 1 aliphatic rings. The van der Waals surface area contributed by atoms with Crippen molar-refractivity contribution >= 4 is 5.91 Å². The van der Waals surface area contributed by atoms with Gasteiger partial charge in [-0.3, -0.25) is 4.79 Å². The normalized spacial score (nSPS) is 26.9. The van der Waals surface area contributed by atoms with Crippen LogP contribution in [0.3, 0.4) is 0 Å². The molecular formula is C10H20N2O2. The van der Waals surface area contributed by atoms with Gasteiger partial charge < -0.3 is 15.3 Å². The smallest absolute Gasteiger partial charge is 0.222 e. The largest absolute Gasteiger partial charge is 0.390 e. The van der Waals surface area contributed by atoms with Crippen LogP contribution in [0.2, 0.25) is 0 Å². The topological polar surface area (TPSA) is 52.6 Å². The first-order valence-electron chi connectivity index (χ1n) is 5.16. The number of rotatable bonds is 3. The molecule has 0 saturated carbocycles. The monoisotopic (exact) mass is 200 g/mol. The molecule has 0 radical (unpaired) electrons. The summed E-state index contributed by atoms with van der Waals surface area (Å²) in [4.78, 5) is 13.3. The summed E-state index contributed by atoms with van der Waals surface area (Å²) in [6.07, 6.45) is 0.135. The Morgan fingerprint density at radius 3 is 2.64 bits per heavy atom. The van der Waals surface area contributed by atoms with E-state index >= 15 is 0 Å². The Morgan fingerprint density at radius 2 is 2.21 bits per heavy atom. The van der Waals surface area contributed by atoms with Crippen molar-refractivity contribution in [1.29, 1.82) is 0 Å². The van der Waals surface area contributed by atoms with Crippen molar-refractivity contribution in [3.63, 3.8) is 0 Å².